The molecule has 1 aliphatic rings. The molecule has 0 aromatic heterocycles. The molecule has 0 radical (unpaired) electrons. The Labute approximate surface area is 145 Å². The Morgan fingerprint density at radius 1 is 1.18 bits per heavy atom. The SMILES string of the molecule is Cc1ccc(C(N)C(=O)N2CCC(N(C)C)CC2)cc1.Cl.Cl. The Kier molecular flexibility index (Phi) is 9.01. The van der Waals surface area contributed by atoms with Gasteiger partial charge >= 0.3 is 0 Å². The lowest BCUT2D eigenvalue weighted by Crippen LogP contribution is -2.47. The summed E-state index contributed by atoms with van der Waals surface area (Å²) in [5, 5.41) is 0. The fourth-order valence-electron chi connectivity index (χ4n) is 2.72. The topological polar surface area (TPSA) is 49.6 Å². The van der Waals surface area contributed by atoms with Gasteiger partial charge in [0.2, 0.25) is 5.91 Å². The second kappa shape index (κ2) is 9.36. The summed E-state index contributed by atoms with van der Waals surface area (Å²) in [7, 11) is 4.19. The highest BCUT2D eigenvalue weighted by molar-refractivity contribution is 5.85. The summed E-state index contributed by atoms with van der Waals surface area (Å²) in [5.41, 5.74) is 8.19. The van der Waals surface area contributed by atoms with Crippen LogP contribution in [0.1, 0.15) is 30.0 Å². The molecule has 1 aromatic rings. The van der Waals surface area contributed by atoms with Gasteiger partial charge in [0.1, 0.15) is 6.04 Å². The monoisotopic (exact) mass is 347 g/mol. The Balaban J connectivity index is 0.00000220. The smallest absolute Gasteiger partial charge is 0.244 e. The highest BCUT2D eigenvalue weighted by Gasteiger charge is 2.27. The zero-order valence-corrected chi connectivity index (χ0v) is 15.1. The van der Waals surface area contributed by atoms with Gasteiger partial charge in [-0.25, -0.2) is 0 Å². The second-order valence-electron chi connectivity index (χ2n) is 5.91. The quantitative estimate of drug-likeness (QED) is 0.913. The molecule has 0 saturated carbocycles. The van der Waals surface area contributed by atoms with Crippen LogP contribution in [0.4, 0.5) is 0 Å². The molecule has 0 aliphatic carbocycles. The van der Waals surface area contributed by atoms with Crippen molar-refractivity contribution >= 4 is 30.7 Å². The van der Waals surface area contributed by atoms with Crippen molar-refractivity contribution < 1.29 is 4.79 Å². The van der Waals surface area contributed by atoms with E-state index in [1.54, 1.807) is 0 Å². The number of rotatable bonds is 3. The van der Waals surface area contributed by atoms with Gasteiger partial charge in [-0.05, 0) is 39.4 Å². The van der Waals surface area contributed by atoms with E-state index >= 15 is 0 Å². The minimum absolute atomic E-state index is 0. The van der Waals surface area contributed by atoms with E-state index < -0.39 is 6.04 Å². The maximum Gasteiger partial charge on any atom is 0.244 e. The van der Waals surface area contributed by atoms with E-state index in [0.29, 0.717) is 6.04 Å². The van der Waals surface area contributed by atoms with E-state index in [1.165, 1.54) is 5.56 Å². The van der Waals surface area contributed by atoms with Crippen LogP contribution in [0.5, 0.6) is 0 Å². The number of carbonyl (C=O) groups is 1. The van der Waals surface area contributed by atoms with Gasteiger partial charge in [0.05, 0.1) is 0 Å². The molecule has 4 nitrogen and oxygen atoms in total. The summed E-state index contributed by atoms with van der Waals surface area (Å²) in [6.07, 6.45) is 2.05. The molecule has 1 aliphatic heterocycles. The number of nitrogens with two attached hydrogens (primary N) is 1. The van der Waals surface area contributed by atoms with Gasteiger partial charge in [-0.1, -0.05) is 29.8 Å². The fraction of sp³-hybridized carbons (Fsp3) is 0.562. The molecule has 0 bridgehead atoms. The Bertz CT molecular complexity index is 457. The number of carbonyl (C=O) groups excluding carboxylic acids is 1. The molecule has 6 heteroatoms. The minimum Gasteiger partial charge on any atom is -0.341 e. The highest BCUT2D eigenvalue weighted by atomic mass is 35.5. The number of benzene rings is 1. The number of hydrogen-bond donors (Lipinski definition) is 1. The van der Waals surface area contributed by atoms with Crippen molar-refractivity contribution in [1.82, 2.24) is 9.80 Å². The number of aryl methyl sites for hydroxylation is 1. The summed E-state index contributed by atoms with van der Waals surface area (Å²) < 4.78 is 0. The van der Waals surface area contributed by atoms with Crippen LogP contribution < -0.4 is 5.73 Å². The van der Waals surface area contributed by atoms with Crippen molar-refractivity contribution in [3.63, 3.8) is 0 Å². The molecule has 1 atom stereocenters. The van der Waals surface area contributed by atoms with Crippen molar-refractivity contribution in [1.29, 1.82) is 0 Å². The molecule has 1 heterocycles. The van der Waals surface area contributed by atoms with Crippen LogP contribution in [0.2, 0.25) is 0 Å². The van der Waals surface area contributed by atoms with E-state index in [4.69, 9.17) is 5.73 Å². The Morgan fingerprint density at radius 3 is 2.14 bits per heavy atom. The van der Waals surface area contributed by atoms with Gasteiger partial charge < -0.3 is 15.5 Å². The average Bonchev–Trinajstić information content (AvgIpc) is 2.46. The van der Waals surface area contributed by atoms with E-state index in [9.17, 15) is 4.79 Å². The lowest BCUT2D eigenvalue weighted by Gasteiger charge is -2.36. The molecule has 1 unspecified atom stereocenters. The first-order chi connectivity index (χ1) is 9.49. The second-order valence-corrected chi connectivity index (χ2v) is 5.91. The zero-order valence-electron chi connectivity index (χ0n) is 13.5. The summed E-state index contributed by atoms with van der Waals surface area (Å²) in [6, 6.07) is 7.94. The number of likely N-dealkylation sites (tertiary alicyclic amines) is 1. The molecule has 1 aromatic carbocycles. The summed E-state index contributed by atoms with van der Waals surface area (Å²) >= 11 is 0. The van der Waals surface area contributed by atoms with Gasteiger partial charge in [0.15, 0.2) is 0 Å². The third-order valence-electron chi connectivity index (χ3n) is 4.21. The minimum atomic E-state index is -0.536. The standard InChI is InChI=1S/C16H25N3O.2ClH/c1-12-4-6-13(7-5-12)15(17)16(20)19-10-8-14(9-11-19)18(2)3;;/h4-7,14-15H,8-11,17H2,1-3H3;2*1H. The Morgan fingerprint density at radius 2 is 1.68 bits per heavy atom. The van der Waals surface area contributed by atoms with Crippen LogP contribution in [-0.4, -0.2) is 48.9 Å². The van der Waals surface area contributed by atoms with Crippen molar-refractivity contribution in [2.24, 2.45) is 5.73 Å². The molecule has 0 spiro atoms. The molecular weight excluding hydrogens is 321 g/mol. The average molecular weight is 348 g/mol. The number of hydrogen-bond acceptors (Lipinski definition) is 3. The van der Waals surface area contributed by atoms with Crippen LogP contribution in [0.3, 0.4) is 0 Å². The van der Waals surface area contributed by atoms with Crippen LogP contribution >= 0.6 is 24.8 Å². The van der Waals surface area contributed by atoms with E-state index in [2.05, 4.69) is 19.0 Å². The predicted molar refractivity (Wildman–Crippen MR) is 95.9 cm³/mol. The van der Waals surface area contributed by atoms with E-state index in [-0.39, 0.29) is 30.7 Å². The van der Waals surface area contributed by atoms with Crippen LogP contribution in [0.15, 0.2) is 24.3 Å². The molecule has 1 saturated heterocycles. The van der Waals surface area contributed by atoms with E-state index in [1.807, 2.05) is 36.1 Å². The maximum atomic E-state index is 12.4. The number of halogens is 2. The molecule has 2 rings (SSSR count). The lowest BCUT2D eigenvalue weighted by atomic mass is 10.0. The first kappa shape index (κ1) is 21.2. The predicted octanol–water partition coefficient (Wildman–Crippen LogP) is 2.39. The van der Waals surface area contributed by atoms with Crippen molar-refractivity contribution in [2.45, 2.75) is 31.8 Å². The molecule has 1 fully saturated rings. The number of amides is 1. The third-order valence-corrected chi connectivity index (χ3v) is 4.21. The molecule has 22 heavy (non-hydrogen) atoms. The van der Waals surface area contributed by atoms with E-state index in [0.717, 1.165) is 31.5 Å². The fourth-order valence-corrected chi connectivity index (χ4v) is 2.72. The number of nitrogens with zero attached hydrogens (tertiary/aromatic N) is 2. The van der Waals surface area contributed by atoms with Gasteiger partial charge in [0, 0.05) is 19.1 Å². The molecule has 126 valence electrons. The van der Waals surface area contributed by atoms with Crippen LogP contribution in [0, 0.1) is 6.92 Å². The first-order valence-electron chi connectivity index (χ1n) is 7.26. The molecule has 1 amide bonds. The van der Waals surface area contributed by atoms with Crippen LogP contribution in [0.25, 0.3) is 0 Å². The van der Waals surface area contributed by atoms with Crippen molar-refractivity contribution in [3.8, 4) is 0 Å². The summed E-state index contributed by atoms with van der Waals surface area (Å²) in [4.78, 5) is 16.6. The molecule has 2 N–H and O–H groups in total. The first-order valence-corrected chi connectivity index (χ1v) is 7.26. The zero-order chi connectivity index (χ0) is 14.7. The van der Waals surface area contributed by atoms with Crippen molar-refractivity contribution in [3.05, 3.63) is 35.4 Å². The third kappa shape index (κ3) is 5.13. The van der Waals surface area contributed by atoms with Gasteiger partial charge in [-0.3, -0.25) is 4.79 Å². The normalized spacial score (nSPS) is 16.7. The van der Waals surface area contributed by atoms with Crippen molar-refractivity contribution in [2.75, 3.05) is 27.2 Å². The van der Waals surface area contributed by atoms with Gasteiger partial charge in [-0.2, -0.15) is 0 Å². The maximum absolute atomic E-state index is 12.4. The van der Waals surface area contributed by atoms with Crippen LogP contribution in [-0.2, 0) is 4.79 Å². The Hall–Kier alpha value is -0.810. The highest BCUT2D eigenvalue weighted by Crippen LogP contribution is 2.19. The summed E-state index contributed by atoms with van der Waals surface area (Å²) in [6.45, 7) is 3.64. The molecular formula is C16H27Cl2N3O. The lowest BCUT2D eigenvalue weighted by molar-refractivity contribution is -0.134. The van der Waals surface area contributed by atoms with Gasteiger partial charge in [-0.15, -0.1) is 24.8 Å². The largest absolute Gasteiger partial charge is 0.341 e. The number of piperidine rings is 1. The summed E-state index contributed by atoms with van der Waals surface area (Å²) in [5.74, 6) is 0.0473. The van der Waals surface area contributed by atoms with Gasteiger partial charge in [0.25, 0.3) is 0 Å².